The molecule has 0 radical (unpaired) electrons. The van der Waals surface area contributed by atoms with Crippen LogP contribution in [0.4, 0.5) is 0 Å². The maximum absolute atomic E-state index is 5.53. The Morgan fingerprint density at radius 1 is 1.28 bits per heavy atom. The van der Waals surface area contributed by atoms with Crippen LogP contribution >= 0.6 is 0 Å². The van der Waals surface area contributed by atoms with Crippen molar-refractivity contribution in [1.29, 1.82) is 0 Å². The third kappa shape index (κ3) is 2.73. The van der Waals surface area contributed by atoms with Gasteiger partial charge in [-0.3, -0.25) is 4.90 Å². The summed E-state index contributed by atoms with van der Waals surface area (Å²) in [5.74, 6) is 1.69. The number of hydrogen-bond donors (Lipinski definition) is 1. The van der Waals surface area contributed by atoms with Crippen LogP contribution in [0.1, 0.15) is 39.5 Å². The topological polar surface area (TPSA) is 24.5 Å². The van der Waals surface area contributed by atoms with E-state index in [4.69, 9.17) is 4.74 Å². The zero-order valence-electron chi connectivity index (χ0n) is 12.0. The van der Waals surface area contributed by atoms with Crippen LogP contribution in [0.5, 0.6) is 0 Å². The van der Waals surface area contributed by atoms with Gasteiger partial charge in [-0.2, -0.15) is 0 Å². The fraction of sp³-hybridized carbons (Fsp3) is 1.00. The van der Waals surface area contributed by atoms with Gasteiger partial charge in [0.25, 0.3) is 0 Å². The van der Waals surface area contributed by atoms with E-state index in [1.54, 1.807) is 0 Å². The van der Waals surface area contributed by atoms with Crippen molar-refractivity contribution < 1.29 is 4.74 Å². The molecule has 3 rings (SSSR count). The highest BCUT2D eigenvalue weighted by molar-refractivity contribution is 5.02. The summed E-state index contributed by atoms with van der Waals surface area (Å²) in [6.07, 6.45) is 5.41. The van der Waals surface area contributed by atoms with Crippen molar-refractivity contribution in [2.24, 2.45) is 11.8 Å². The number of nitrogens with one attached hydrogen (secondary N) is 1. The lowest BCUT2D eigenvalue weighted by Crippen LogP contribution is -2.52. The second-order valence-electron chi connectivity index (χ2n) is 6.92. The molecule has 3 atom stereocenters. The molecule has 18 heavy (non-hydrogen) atoms. The molecule has 0 aromatic rings. The molecule has 3 unspecified atom stereocenters. The van der Waals surface area contributed by atoms with E-state index >= 15 is 0 Å². The molecule has 1 saturated carbocycles. The molecule has 104 valence electrons. The van der Waals surface area contributed by atoms with Gasteiger partial charge in [-0.15, -0.1) is 0 Å². The molecule has 0 aromatic heterocycles. The quantitative estimate of drug-likeness (QED) is 0.830. The highest BCUT2D eigenvalue weighted by Crippen LogP contribution is 2.41. The summed E-state index contributed by atoms with van der Waals surface area (Å²) in [5, 5.41) is 3.83. The van der Waals surface area contributed by atoms with Crippen LogP contribution in [-0.2, 0) is 4.74 Å². The van der Waals surface area contributed by atoms with E-state index in [1.165, 1.54) is 45.3 Å². The van der Waals surface area contributed by atoms with Crippen LogP contribution < -0.4 is 5.32 Å². The van der Waals surface area contributed by atoms with Crippen molar-refractivity contribution in [3.8, 4) is 0 Å². The smallest absolute Gasteiger partial charge is 0.0507 e. The lowest BCUT2D eigenvalue weighted by Gasteiger charge is -2.37. The Kier molecular flexibility index (Phi) is 3.65. The largest absolute Gasteiger partial charge is 0.381 e. The maximum Gasteiger partial charge on any atom is 0.0507 e. The van der Waals surface area contributed by atoms with Gasteiger partial charge in [0.1, 0.15) is 0 Å². The van der Waals surface area contributed by atoms with E-state index in [-0.39, 0.29) is 0 Å². The Labute approximate surface area is 111 Å². The minimum absolute atomic E-state index is 0.365. The van der Waals surface area contributed by atoms with E-state index in [0.717, 1.165) is 31.1 Å². The SMILES string of the molecule is CC1CCNC(C)(C2CC2)CN1CC1CCOC1. The van der Waals surface area contributed by atoms with E-state index in [0.29, 0.717) is 5.54 Å². The first-order valence-corrected chi connectivity index (χ1v) is 7.74. The second kappa shape index (κ2) is 5.10. The van der Waals surface area contributed by atoms with Crippen LogP contribution in [0.25, 0.3) is 0 Å². The molecule has 0 aromatic carbocycles. The molecular weight excluding hydrogens is 224 g/mol. The fourth-order valence-corrected chi connectivity index (χ4v) is 3.68. The minimum atomic E-state index is 0.365. The summed E-state index contributed by atoms with van der Waals surface area (Å²) in [6, 6.07) is 0.721. The molecule has 3 aliphatic rings. The zero-order valence-corrected chi connectivity index (χ0v) is 12.0. The van der Waals surface area contributed by atoms with Gasteiger partial charge in [-0.1, -0.05) is 0 Å². The standard InChI is InChI=1S/C15H28N2O/c1-12-5-7-16-15(2,14-3-4-14)11-17(12)9-13-6-8-18-10-13/h12-14,16H,3-11H2,1-2H3. The Bertz CT molecular complexity index is 286. The first kappa shape index (κ1) is 12.9. The summed E-state index contributed by atoms with van der Waals surface area (Å²) in [6.45, 7) is 10.5. The Balaban J connectivity index is 1.64. The molecule has 0 amide bonds. The van der Waals surface area contributed by atoms with Crippen molar-refractivity contribution in [1.82, 2.24) is 10.2 Å². The molecule has 2 saturated heterocycles. The van der Waals surface area contributed by atoms with Gasteiger partial charge >= 0.3 is 0 Å². The van der Waals surface area contributed by atoms with Gasteiger partial charge < -0.3 is 10.1 Å². The molecule has 3 nitrogen and oxygen atoms in total. The molecule has 0 bridgehead atoms. The zero-order chi connectivity index (χ0) is 12.6. The van der Waals surface area contributed by atoms with Gasteiger partial charge in [0.15, 0.2) is 0 Å². The molecule has 0 spiro atoms. The predicted octanol–water partition coefficient (Wildman–Crippen LogP) is 1.88. The predicted molar refractivity (Wildman–Crippen MR) is 73.7 cm³/mol. The average molecular weight is 252 g/mol. The minimum Gasteiger partial charge on any atom is -0.381 e. The molecule has 2 heterocycles. The van der Waals surface area contributed by atoms with Gasteiger partial charge in [-0.25, -0.2) is 0 Å². The Morgan fingerprint density at radius 3 is 2.78 bits per heavy atom. The van der Waals surface area contributed by atoms with Crippen LogP contribution in [-0.4, -0.2) is 49.3 Å². The monoisotopic (exact) mass is 252 g/mol. The summed E-state index contributed by atoms with van der Waals surface area (Å²) in [4.78, 5) is 2.73. The van der Waals surface area contributed by atoms with Crippen molar-refractivity contribution in [3.63, 3.8) is 0 Å². The summed E-state index contributed by atoms with van der Waals surface area (Å²) < 4.78 is 5.53. The van der Waals surface area contributed by atoms with Crippen molar-refractivity contribution in [2.45, 2.75) is 51.1 Å². The van der Waals surface area contributed by atoms with Gasteiger partial charge in [0.2, 0.25) is 0 Å². The van der Waals surface area contributed by atoms with Crippen LogP contribution in [0.3, 0.4) is 0 Å². The lowest BCUT2D eigenvalue weighted by atomic mass is 9.94. The maximum atomic E-state index is 5.53. The highest BCUT2D eigenvalue weighted by Gasteiger charge is 2.44. The highest BCUT2D eigenvalue weighted by atomic mass is 16.5. The first-order valence-electron chi connectivity index (χ1n) is 7.74. The van der Waals surface area contributed by atoms with Crippen molar-refractivity contribution in [3.05, 3.63) is 0 Å². The second-order valence-corrected chi connectivity index (χ2v) is 6.92. The van der Waals surface area contributed by atoms with Gasteiger partial charge in [-0.05, 0) is 57.9 Å². The molecule has 2 aliphatic heterocycles. The van der Waals surface area contributed by atoms with E-state index in [2.05, 4.69) is 24.1 Å². The van der Waals surface area contributed by atoms with E-state index in [9.17, 15) is 0 Å². The summed E-state index contributed by atoms with van der Waals surface area (Å²) in [7, 11) is 0. The Hall–Kier alpha value is -0.120. The third-order valence-corrected chi connectivity index (χ3v) is 5.24. The van der Waals surface area contributed by atoms with Crippen LogP contribution in [0.15, 0.2) is 0 Å². The molecule has 3 heteroatoms. The first-order chi connectivity index (χ1) is 8.67. The molecule has 1 aliphatic carbocycles. The number of hydrogen-bond acceptors (Lipinski definition) is 3. The lowest BCUT2D eigenvalue weighted by molar-refractivity contribution is 0.126. The van der Waals surface area contributed by atoms with Gasteiger partial charge in [0.05, 0.1) is 6.61 Å². The number of nitrogens with zero attached hydrogens (tertiary/aromatic N) is 1. The van der Waals surface area contributed by atoms with Crippen molar-refractivity contribution in [2.75, 3.05) is 32.8 Å². The van der Waals surface area contributed by atoms with Gasteiger partial charge in [0, 0.05) is 31.3 Å². The normalized spacial score (nSPS) is 43.0. The van der Waals surface area contributed by atoms with E-state index < -0.39 is 0 Å². The number of ether oxygens (including phenoxy) is 1. The molecule has 1 N–H and O–H groups in total. The molecular formula is C15H28N2O. The Morgan fingerprint density at radius 2 is 2.11 bits per heavy atom. The molecule has 3 fully saturated rings. The van der Waals surface area contributed by atoms with Crippen LogP contribution in [0.2, 0.25) is 0 Å². The van der Waals surface area contributed by atoms with Crippen LogP contribution in [0, 0.1) is 11.8 Å². The number of rotatable bonds is 3. The van der Waals surface area contributed by atoms with E-state index in [1.807, 2.05) is 0 Å². The summed E-state index contributed by atoms with van der Waals surface area (Å²) in [5.41, 5.74) is 0.365. The fourth-order valence-electron chi connectivity index (χ4n) is 3.68. The average Bonchev–Trinajstić information content (AvgIpc) is 3.09. The third-order valence-electron chi connectivity index (χ3n) is 5.24. The summed E-state index contributed by atoms with van der Waals surface area (Å²) >= 11 is 0. The van der Waals surface area contributed by atoms with Crippen molar-refractivity contribution >= 4 is 0 Å².